The predicted molar refractivity (Wildman–Crippen MR) is 77.8 cm³/mol. The van der Waals surface area contributed by atoms with Crippen LogP contribution in [0.4, 0.5) is 5.69 Å². The van der Waals surface area contributed by atoms with E-state index in [4.69, 9.17) is 15.2 Å². The lowest BCUT2D eigenvalue weighted by molar-refractivity contribution is -0.141. The molecule has 4 heteroatoms. The van der Waals surface area contributed by atoms with E-state index < -0.39 is 12.1 Å². The van der Waals surface area contributed by atoms with Crippen molar-refractivity contribution in [2.75, 3.05) is 5.73 Å². The molecule has 0 bridgehead atoms. The lowest BCUT2D eigenvalue weighted by Crippen LogP contribution is -2.28. The Hall–Kier alpha value is -2.49. The van der Waals surface area contributed by atoms with Gasteiger partial charge in [0, 0.05) is 11.8 Å². The van der Waals surface area contributed by atoms with Crippen LogP contribution >= 0.6 is 0 Å². The molecule has 0 saturated carbocycles. The number of nitrogen functional groups attached to an aromatic ring is 1. The van der Waals surface area contributed by atoms with Crippen LogP contribution in [0.1, 0.15) is 12.5 Å². The molecular weight excluding hydrogens is 254 g/mol. The third kappa shape index (κ3) is 3.75. The number of benzene rings is 2. The zero-order chi connectivity index (χ0) is 14.5. The van der Waals surface area contributed by atoms with Gasteiger partial charge in [0.2, 0.25) is 0 Å². The normalized spacial score (nSPS) is 11.7. The van der Waals surface area contributed by atoms with Crippen molar-refractivity contribution in [1.29, 1.82) is 0 Å². The fourth-order valence-electron chi connectivity index (χ4n) is 1.65. The first kappa shape index (κ1) is 13.9. The standard InChI is InChI=1S/C16H17NO3/c1-11-6-8-14(9-7-11)20-16(18)12(2)19-15-5-3-4-13(17)10-15/h3-10,12H,17H2,1-2H3. The van der Waals surface area contributed by atoms with Gasteiger partial charge in [-0.25, -0.2) is 4.79 Å². The van der Waals surface area contributed by atoms with Gasteiger partial charge in [-0.2, -0.15) is 0 Å². The molecule has 0 saturated heterocycles. The maximum absolute atomic E-state index is 11.9. The molecule has 0 spiro atoms. The number of hydrogen-bond acceptors (Lipinski definition) is 4. The van der Waals surface area contributed by atoms with E-state index in [1.165, 1.54) is 0 Å². The van der Waals surface area contributed by atoms with Crippen LogP contribution in [0.3, 0.4) is 0 Å². The van der Waals surface area contributed by atoms with E-state index in [1.54, 1.807) is 43.3 Å². The molecule has 2 aromatic carbocycles. The van der Waals surface area contributed by atoms with Gasteiger partial charge in [-0.15, -0.1) is 0 Å². The average Bonchev–Trinajstić information content (AvgIpc) is 2.41. The Morgan fingerprint density at radius 2 is 1.80 bits per heavy atom. The van der Waals surface area contributed by atoms with Crippen LogP contribution in [0.2, 0.25) is 0 Å². The molecule has 4 nitrogen and oxygen atoms in total. The minimum absolute atomic E-state index is 0.448. The molecule has 2 N–H and O–H groups in total. The highest BCUT2D eigenvalue weighted by Crippen LogP contribution is 2.17. The van der Waals surface area contributed by atoms with Gasteiger partial charge in [0.25, 0.3) is 0 Å². The highest BCUT2D eigenvalue weighted by atomic mass is 16.6. The van der Waals surface area contributed by atoms with Gasteiger partial charge in [-0.1, -0.05) is 23.8 Å². The second-order valence-electron chi connectivity index (χ2n) is 4.57. The summed E-state index contributed by atoms with van der Waals surface area (Å²) in [6.07, 6.45) is -0.710. The fraction of sp³-hybridized carbons (Fsp3) is 0.188. The maximum Gasteiger partial charge on any atom is 0.352 e. The van der Waals surface area contributed by atoms with Gasteiger partial charge in [0.1, 0.15) is 11.5 Å². The number of nitrogens with two attached hydrogens (primary N) is 1. The molecule has 0 radical (unpaired) electrons. The first-order valence-electron chi connectivity index (χ1n) is 6.35. The monoisotopic (exact) mass is 271 g/mol. The molecule has 2 aromatic rings. The van der Waals surface area contributed by atoms with E-state index in [-0.39, 0.29) is 0 Å². The van der Waals surface area contributed by atoms with E-state index in [0.29, 0.717) is 17.2 Å². The third-order valence-corrected chi connectivity index (χ3v) is 2.74. The van der Waals surface area contributed by atoms with Crippen molar-refractivity contribution >= 4 is 11.7 Å². The van der Waals surface area contributed by atoms with Gasteiger partial charge in [-0.05, 0) is 38.1 Å². The smallest absolute Gasteiger partial charge is 0.352 e. The number of esters is 1. The van der Waals surface area contributed by atoms with Crippen LogP contribution in [-0.2, 0) is 4.79 Å². The van der Waals surface area contributed by atoms with Crippen molar-refractivity contribution < 1.29 is 14.3 Å². The number of carbonyl (C=O) groups excluding carboxylic acids is 1. The fourth-order valence-corrected chi connectivity index (χ4v) is 1.65. The van der Waals surface area contributed by atoms with E-state index in [2.05, 4.69) is 0 Å². The zero-order valence-electron chi connectivity index (χ0n) is 11.5. The molecule has 2 rings (SSSR count). The number of ether oxygens (including phenoxy) is 2. The zero-order valence-corrected chi connectivity index (χ0v) is 11.5. The van der Waals surface area contributed by atoms with Crippen LogP contribution in [0, 0.1) is 6.92 Å². The van der Waals surface area contributed by atoms with Crippen molar-refractivity contribution in [3.8, 4) is 11.5 Å². The number of hydrogen-bond donors (Lipinski definition) is 1. The molecule has 1 unspecified atom stereocenters. The maximum atomic E-state index is 11.9. The van der Waals surface area contributed by atoms with E-state index >= 15 is 0 Å². The van der Waals surface area contributed by atoms with Gasteiger partial charge < -0.3 is 15.2 Å². The van der Waals surface area contributed by atoms with Gasteiger partial charge in [-0.3, -0.25) is 0 Å². The summed E-state index contributed by atoms with van der Waals surface area (Å²) in [5, 5.41) is 0. The number of rotatable bonds is 4. The summed E-state index contributed by atoms with van der Waals surface area (Å²) < 4.78 is 10.7. The lowest BCUT2D eigenvalue weighted by atomic mass is 10.2. The Bertz CT molecular complexity index is 593. The van der Waals surface area contributed by atoms with Crippen molar-refractivity contribution in [3.05, 3.63) is 54.1 Å². The van der Waals surface area contributed by atoms with E-state index in [1.807, 2.05) is 19.1 Å². The Morgan fingerprint density at radius 3 is 2.45 bits per heavy atom. The summed E-state index contributed by atoms with van der Waals surface area (Å²) in [6.45, 7) is 3.61. The first-order valence-corrected chi connectivity index (χ1v) is 6.35. The molecule has 0 amide bonds. The molecule has 0 aliphatic carbocycles. The molecular formula is C16H17NO3. The predicted octanol–water partition coefficient (Wildman–Crippen LogP) is 2.95. The Balaban J connectivity index is 1.96. The molecule has 0 heterocycles. The summed E-state index contributed by atoms with van der Waals surface area (Å²) >= 11 is 0. The minimum atomic E-state index is -0.710. The van der Waals surface area contributed by atoms with Gasteiger partial charge in [0.05, 0.1) is 0 Å². The molecule has 0 aliphatic rings. The lowest BCUT2D eigenvalue weighted by Gasteiger charge is -2.14. The van der Waals surface area contributed by atoms with E-state index in [9.17, 15) is 4.79 Å². The third-order valence-electron chi connectivity index (χ3n) is 2.74. The molecule has 20 heavy (non-hydrogen) atoms. The summed E-state index contributed by atoms with van der Waals surface area (Å²) in [7, 11) is 0. The van der Waals surface area contributed by atoms with Gasteiger partial charge >= 0.3 is 5.97 Å². The Morgan fingerprint density at radius 1 is 1.10 bits per heavy atom. The molecule has 0 fully saturated rings. The second-order valence-corrected chi connectivity index (χ2v) is 4.57. The second kappa shape index (κ2) is 6.10. The summed E-state index contributed by atoms with van der Waals surface area (Å²) in [5.74, 6) is 0.596. The highest BCUT2D eigenvalue weighted by Gasteiger charge is 2.17. The summed E-state index contributed by atoms with van der Waals surface area (Å²) in [4.78, 5) is 11.9. The largest absolute Gasteiger partial charge is 0.479 e. The average molecular weight is 271 g/mol. The molecule has 0 aliphatic heterocycles. The molecule has 0 aromatic heterocycles. The summed E-state index contributed by atoms with van der Waals surface area (Å²) in [6, 6.07) is 14.2. The van der Waals surface area contributed by atoms with Crippen LogP contribution < -0.4 is 15.2 Å². The van der Waals surface area contributed by atoms with Crippen molar-refractivity contribution in [3.63, 3.8) is 0 Å². The molecule has 1 atom stereocenters. The number of carbonyl (C=O) groups is 1. The first-order chi connectivity index (χ1) is 9.54. The molecule has 104 valence electrons. The van der Waals surface area contributed by atoms with Crippen molar-refractivity contribution in [2.45, 2.75) is 20.0 Å². The topological polar surface area (TPSA) is 61.5 Å². The quantitative estimate of drug-likeness (QED) is 0.527. The van der Waals surface area contributed by atoms with E-state index in [0.717, 1.165) is 5.56 Å². The van der Waals surface area contributed by atoms with Crippen LogP contribution in [0.5, 0.6) is 11.5 Å². The SMILES string of the molecule is Cc1ccc(OC(=O)C(C)Oc2cccc(N)c2)cc1. The Kier molecular flexibility index (Phi) is 4.25. The summed E-state index contributed by atoms with van der Waals surface area (Å²) in [5.41, 5.74) is 7.34. The van der Waals surface area contributed by atoms with Crippen LogP contribution in [0.15, 0.2) is 48.5 Å². The number of aryl methyl sites for hydroxylation is 1. The van der Waals surface area contributed by atoms with Gasteiger partial charge in [0.15, 0.2) is 6.10 Å². The Labute approximate surface area is 118 Å². The van der Waals surface area contributed by atoms with Crippen LogP contribution in [0.25, 0.3) is 0 Å². The van der Waals surface area contributed by atoms with Crippen LogP contribution in [-0.4, -0.2) is 12.1 Å². The minimum Gasteiger partial charge on any atom is -0.479 e. The highest BCUT2D eigenvalue weighted by molar-refractivity contribution is 5.77. The van der Waals surface area contributed by atoms with Crippen molar-refractivity contribution in [1.82, 2.24) is 0 Å². The van der Waals surface area contributed by atoms with Crippen molar-refractivity contribution in [2.24, 2.45) is 0 Å². The number of anilines is 1.